The summed E-state index contributed by atoms with van der Waals surface area (Å²) >= 11 is 18.2. The van der Waals surface area contributed by atoms with Gasteiger partial charge in [-0.1, -0.05) is 53.0 Å². The van der Waals surface area contributed by atoms with Crippen LogP contribution in [-0.4, -0.2) is 56.2 Å². The number of urea groups is 1. The lowest BCUT2D eigenvalue weighted by Crippen LogP contribution is -2.47. The fraction of sp³-hybridized carbons (Fsp3) is 0.333. The Bertz CT molecular complexity index is 1380. The van der Waals surface area contributed by atoms with E-state index in [0.717, 1.165) is 55.0 Å². The van der Waals surface area contributed by atoms with Crippen molar-refractivity contribution in [2.24, 2.45) is 0 Å². The maximum atomic E-state index is 13.4. The summed E-state index contributed by atoms with van der Waals surface area (Å²) in [6.45, 7) is 3.86. The van der Waals surface area contributed by atoms with Gasteiger partial charge < -0.3 is 10.2 Å². The number of fused-ring (bicyclic) bond motifs is 2. The van der Waals surface area contributed by atoms with Gasteiger partial charge >= 0.3 is 6.03 Å². The number of nitrogens with one attached hydrogen (secondary N) is 1. The number of carbonyl (C=O) groups is 1. The monoisotopic (exact) mass is 583 g/mol. The van der Waals surface area contributed by atoms with E-state index in [4.69, 9.17) is 34.8 Å². The highest BCUT2D eigenvalue weighted by Gasteiger charge is 2.46. The van der Waals surface area contributed by atoms with E-state index in [1.54, 1.807) is 12.3 Å². The smallest absolute Gasteiger partial charge is 0.322 e. The zero-order valence-electron chi connectivity index (χ0n) is 22.1. The molecule has 2 aliphatic heterocycles. The number of benzene rings is 2. The lowest BCUT2D eigenvalue weighted by atomic mass is 9.74. The number of pyridine rings is 1. The van der Waals surface area contributed by atoms with Crippen LogP contribution in [0.1, 0.15) is 29.5 Å². The summed E-state index contributed by atoms with van der Waals surface area (Å²) in [4.78, 5) is 23.9. The Labute approximate surface area is 245 Å². The van der Waals surface area contributed by atoms with Crippen molar-refractivity contribution in [1.82, 2.24) is 15.2 Å². The third-order valence-corrected chi connectivity index (χ3v) is 8.68. The molecular weight excluding hydrogens is 553 g/mol. The van der Waals surface area contributed by atoms with Gasteiger partial charge in [-0.2, -0.15) is 0 Å². The molecule has 6 nitrogen and oxygen atoms in total. The predicted molar refractivity (Wildman–Crippen MR) is 162 cm³/mol. The van der Waals surface area contributed by atoms with Crippen LogP contribution in [0.15, 0.2) is 60.8 Å². The summed E-state index contributed by atoms with van der Waals surface area (Å²) in [5.74, 6) is 0. The van der Waals surface area contributed by atoms with E-state index in [-0.39, 0.29) is 11.4 Å². The average molecular weight is 585 g/mol. The Morgan fingerprint density at radius 2 is 1.85 bits per heavy atom. The minimum atomic E-state index is -0.0920. The number of rotatable bonds is 6. The quantitative estimate of drug-likeness (QED) is 0.321. The van der Waals surface area contributed by atoms with Crippen molar-refractivity contribution >= 4 is 58.3 Å². The summed E-state index contributed by atoms with van der Waals surface area (Å²) in [7, 11) is 4.10. The van der Waals surface area contributed by atoms with Crippen molar-refractivity contribution in [3.8, 4) is 0 Å². The molecule has 5 rings (SSSR count). The molecule has 0 unspecified atom stereocenters. The first-order chi connectivity index (χ1) is 18.7. The number of carbonyl (C=O) groups excluding carboxylic acids is 1. The molecule has 1 fully saturated rings. The molecule has 3 heterocycles. The lowest BCUT2D eigenvalue weighted by molar-refractivity contribution is 0.180. The van der Waals surface area contributed by atoms with Crippen LogP contribution in [0.3, 0.4) is 0 Å². The van der Waals surface area contributed by atoms with Gasteiger partial charge in [0.15, 0.2) is 0 Å². The van der Waals surface area contributed by atoms with E-state index in [1.165, 1.54) is 5.56 Å². The molecule has 204 valence electrons. The zero-order valence-corrected chi connectivity index (χ0v) is 24.4. The van der Waals surface area contributed by atoms with Gasteiger partial charge in [0.25, 0.3) is 0 Å². The number of anilines is 2. The van der Waals surface area contributed by atoms with Gasteiger partial charge in [-0.25, -0.2) is 9.78 Å². The molecule has 0 radical (unpaired) electrons. The third kappa shape index (κ3) is 6.20. The van der Waals surface area contributed by atoms with Crippen LogP contribution in [-0.2, 0) is 12.0 Å². The number of aromatic nitrogens is 1. The molecule has 2 aliphatic rings. The van der Waals surface area contributed by atoms with Crippen LogP contribution >= 0.6 is 34.8 Å². The van der Waals surface area contributed by atoms with Crippen molar-refractivity contribution in [1.29, 1.82) is 0 Å². The number of hydrogen-bond donors (Lipinski definition) is 1. The number of likely N-dealkylation sites (tertiary alicyclic amines) is 1. The number of piperidine rings is 1. The SMILES string of the molecule is CN(C)c1ccc2c(c1)C1(CCN(C/C=C/c3ccc(Cl)c(Cl)c3)CC1)CN2C(=O)NCc1ccnc(Cl)c1. The third-order valence-electron chi connectivity index (χ3n) is 7.73. The standard InChI is InChI=1S/C30H32Cl3N5O/c1-36(2)23-6-8-27-24(18-23)30(20-38(27)29(39)35-19-22-9-12-34-28(33)17-22)10-14-37(15-11-30)13-3-4-21-5-7-25(31)26(32)16-21/h3-9,12,16-18H,10-11,13-15,19-20H2,1-2H3,(H,35,39)/b4-3+. The van der Waals surface area contributed by atoms with Gasteiger partial charge in [0, 0.05) is 56.7 Å². The summed E-state index contributed by atoms with van der Waals surface area (Å²) < 4.78 is 0. The molecule has 1 aromatic heterocycles. The Balaban J connectivity index is 1.28. The highest BCUT2D eigenvalue weighted by Crippen LogP contribution is 2.48. The summed E-state index contributed by atoms with van der Waals surface area (Å²) in [5, 5.41) is 4.63. The molecule has 9 heteroatoms. The molecule has 39 heavy (non-hydrogen) atoms. The second-order valence-corrected chi connectivity index (χ2v) is 11.7. The predicted octanol–water partition coefficient (Wildman–Crippen LogP) is 6.88. The molecule has 0 aliphatic carbocycles. The fourth-order valence-corrected chi connectivity index (χ4v) is 5.99. The van der Waals surface area contributed by atoms with Crippen LogP contribution in [0.4, 0.5) is 16.2 Å². The highest BCUT2D eigenvalue weighted by molar-refractivity contribution is 6.42. The van der Waals surface area contributed by atoms with Crippen LogP contribution < -0.4 is 15.1 Å². The topological polar surface area (TPSA) is 51.7 Å². The van der Waals surface area contributed by atoms with E-state index < -0.39 is 0 Å². The number of amides is 2. The van der Waals surface area contributed by atoms with Crippen molar-refractivity contribution in [2.45, 2.75) is 24.8 Å². The van der Waals surface area contributed by atoms with Gasteiger partial charge in [0.2, 0.25) is 0 Å². The largest absolute Gasteiger partial charge is 0.378 e. The number of nitrogens with zero attached hydrogens (tertiary/aromatic N) is 4. The number of halogens is 3. The highest BCUT2D eigenvalue weighted by atomic mass is 35.5. The van der Waals surface area contributed by atoms with E-state index >= 15 is 0 Å². The maximum Gasteiger partial charge on any atom is 0.322 e. The lowest BCUT2D eigenvalue weighted by Gasteiger charge is -2.39. The minimum Gasteiger partial charge on any atom is -0.378 e. The molecule has 0 atom stereocenters. The van der Waals surface area contributed by atoms with E-state index in [0.29, 0.717) is 28.3 Å². The Morgan fingerprint density at radius 3 is 2.56 bits per heavy atom. The summed E-state index contributed by atoms with van der Waals surface area (Å²) in [5.41, 5.74) is 5.30. The van der Waals surface area contributed by atoms with Crippen LogP contribution in [0.25, 0.3) is 6.08 Å². The van der Waals surface area contributed by atoms with Gasteiger partial charge in [0.05, 0.1) is 10.0 Å². The molecule has 0 bridgehead atoms. The molecular formula is C30H32Cl3N5O. The number of hydrogen-bond acceptors (Lipinski definition) is 4. The van der Waals surface area contributed by atoms with Gasteiger partial charge in [-0.15, -0.1) is 0 Å². The van der Waals surface area contributed by atoms with Crippen molar-refractivity contribution in [3.05, 3.63) is 92.7 Å². The van der Waals surface area contributed by atoms with E-state index in [1.807, 2.05) is 29.2 Å². The van der Waals surface area contributed by atoms with Crippen molar-refractivity contribution in [3.63, 3.8) is 0 Å². The van der Waals surface area contributed by atoms with E-state index in [9.17, 15) is 4.79 Å². The molecule has 2 amide bonds. The summed E-state index contributed by atoms with van der Waals surface area (Å²) in [6, 6.07) is 15.7. The second-order valence-electron chi connectivity index (χ2n) is 10.5. The van der Waals surface area contributed by atoms with Crippen molar-refractivity contribution < 1.29 is 4.79 Å². The Kier molecular flexibility index (Phi) is 8.38. The van der Waals surface area contributed by atoms with Crippen molar-refractivity contribution in [2.75, 3.05) is 50.1 Å². The molecule has 3 aromatic rings. The molecule has 1 saturated heterocycles. The van der Waals surface area contributed by atoms with Crippen LogP contribution in [0, 0.1) is 0 Å². The van der Waals surface area contributed by atoms with Gasteiger partial charge in [-0.3, -0.25) is 9.80 Å². The molecule has 2 aromatic carbocycles. The summed E-state index contributed by atoms with van der Waals surface area (Å²) in [6.07, 6.45) is 7.89. The Morgan fingerprint density at radius 1 is 1.05 bits per heavy atom. The Hall–Kier alpha value is -2.77. The average Bonchev–Trinajstić information content (AvgIpc) is 3.24. The normalized spacial score (nSPS) is 16.6. The first-order valence-electron chi connectivity index (χ1n) is 13.1. The maximum absolute atomic E-state index is 13.4. The first-order valence-corrected chi connectivity index (χ1v) is 14.2. The zero-order chi connectivity index (χ0) is 27.6. The molecule has 1 spiro atoms. The van der Waals surface area contributed by atoms with Crippen LogP contribution in [0.2, 0.25) is 15.2 Å². The molecule has 0 saturated carbocycles. The first kappa shape index (κ1) is 27.8. The van der Waals surface area contributed by atoms with E-state index in [2.05, 4.69) is 64.5 Å². The minimum absolute atomic E-state index is 0.0669. The fourth-order valence-electron chi connectivity index (χ4n) is 5.49. The van der Waals surface area contributed by atoms with Gasteiger partial charge in [-0.05, 0) is 85.1 Å². The van der Waals surface area contributed by atoms with Crippen LogP contribution in [0.5, 0.6) is 0 Å². The second kappa shape index (κ2) is 11.8. The molecule has 1 N–H and O–H groups in total. The van der Waals surface area contributed by atoms with Gasteiger partial charge in [0.1, 0.15) is 5.15 Å².